The fourth-order valence-electron chi connectivity index (χ4n) is 1.89. The normalized spacial score (nSPS) is 12.6. The van der Waals surface area contributed by atoms with Crippen LogP contribution in [0.2, 0.25) is 0 Å². The topological polar surface area (TPSA) is 68.8 Å². The Balaban J connectivity index is 2.20. The molecule has 1 atom stereocenters. The Hall–Kier alpha value is -1.79. The third kappa shape index (κ3) is 2.72. The zero-order valence-electron chi connectivity index (χ0n) is 10.2. The van der Waals surface area contributed by atoms with Crippen molar-refractivity contribution in [3.8, 4) is 0 Å². The number of nitrogens with zero attached hydrogens (tertiary/aromatic N) is 3. The number of benzene rings is 1. The van der Waals surface area contributed by atoms with Gasteiger partial charge in [0, 0.05) is 13.0 Å². The Morgan fingerprint density at radius 3 is 3.00 bits per heavy atom. The zero-order chi connectivity index (χ0) is 13.0. The minimum atomic E-state index is -0.273. The molecule has 1 heterocycles. The molecule has 96 valence electrons. The maximum absolute atomic E-state index is 13.2. The predicted octanol–water partition coefficient (Wildman–Crippen LogP) is 1.18. The van der Waals surface area contributed by atoms with Gasteiger partial charge in [0.1, 0.15) is 18.0 Å². The average molecular weight is 249 g/mol. The molecule has 1 aromatic heterocycles. The standard InChI is InChI=1S/C12H16FN5/c1-2-18-12(15-8-16-18)7-11(17-14)9-4-3-5-10(13)6-9/h3-6,8,11,17H,2,7,14H2,1H3. The fourth-order valence-corrected chi connectivity index (χ4v) is 1.89. The number of hydrazine groups is 1. The van der Waals surface area contributed by atoms with Gasteiger partial charge >= 0.3 is 0 Å². The van der Waals surface area contributed by atoms with Gasteiger partial charge in [-0.15, -0.1) is 0 Å². The van der Waals surface area contributed by atoms with Crippen LogP contribution in [0.1, 0.15) is 24.4 Å². The van der Waals surface area contributed by atoms with Gasteiger partial charge in [-0.1, -0.05) is 12.1 Å². The number of hydrogen-bond acceptors (Lipinski definition) is 4. The Morgan fingerprint density at radius 1 is 1.50 bits per heavy atom. The molecule has 5 nitrogen and oxygen atoms in total. The predicted molar refractivity (Wildman–Crippen MR) is 65.9 cm³/mol. The molecule has 0 spiro atoms. The van der Waals surface area contributed by atoms with Gasteiger partial charge in [0.25, 0.3) is 0 Å². The lowest BCUT2D eigenvalue weighted by Crippen LogP contribution is -2.30. The average Bonchev–Trinajstić information content (AvgIpc) is 2.83. The van der Waals surface area contributed by atoms with Gasteiger partial charge < -0.3 is 0 Å². The molecule has 0 amide bonds. The van der Waals surface area contributed by atoms with Crippen LogP contribution in [0.25, 0.3) is 0 Å². The third-order valence-corrected chi connectivity index (χ3v) is 2.83. The second-order valence-electron chi connectivity index (χ2n) is 3.97. The summed E-state index contributed by atoms with van der Waals surface area (Å²) in [7, 11) is 0. The molecular formula is C12H16FN5. The minimum absolute atomic E-state index is 0.185. The summed E-state index contributed by atoms with van der Waals surface area (Å²) < 4.78 is 15.0. The molecule has 0 saturated carbocycles. The van der Waals surface area contributed by atoms with Crippen LogP contribution < -0.4 is 11.3 Å². The molecule has 0 aliphatic heterocycles. The first-order valence-corrected chi connectivity index (χ1v) is 5.83. The van der Waals surface area contributed by atoms with Gasteiger partial charge in [-0.3, -0.25) is 16.0 Å². The maximum Gasteiger partial charge on any atom is 0.138 e. The van der Waals surface area contributed by atoms with E-state index in [9.17, 15) is 4.39 Å². The molecule has 6 heteroatoms. The second kappa shape index (κ2) is 5.70. The van der Waals surface area contributed by atoms with Crippen LogP contribution >= 0.6 is 0 Å². The van der Waals surface area contributed by atoms with E-state index in [0.717, 1.165) is 17.9 Å². The highest BCUT2D eigenvalue weighted by molar-refractivity contribution is 5.21. The van der Waals surface area contributed by atoms with E-state index in [1.807, 2.05) is 13.0 Å². The molecular weight excluding hydrogens is 233 g/mol. The van der Waals surface area contributed by atoms with Crippen molar-refractivity contribution in [2.45, 2.75) is 25.9 Å². The highest BCUT2D eigenvalue weighted by Gasteiger charge is 2.14. The molecule has 2 rings (SSSR count). The first-order chi connectivity index (χ1) is 8.74. The Kier molecular flexibility index (Phi) is 4.01. The summed E-state index contributed by atoms with van der Waals surface area (Å²) in [5.74, 6) is 6.08. The zero-order valence-corrected chi connectivity index (χ0v) is 10.2. The van der Waals surface area contributed by atoms with Crippen molar-refractivity contribution in [2.75, 3.05) is 0 Å². The van der Waals surface area contributed by atoms with Crippen molar-refractivity contribution >= 4 is 0 Å². The monoisotopic (exact) mass is 249 g/mol. The number of nitrogens with two attached hydrogens (primary N) is 1. The summed E-state index contributed by atoms with van der Waals surface area (Å²) in [5.41, 5.74) is 3.48. The smallest absolute Gasteiger partial charge is 0.138 e. The summed E-state index contributed by atoms with van der Waals surface area (Å²) >= 11 is 0. The van der Waals surface area contributed by atoms with Crippen molar-refractivity contribution in [3.05, 3.63) is 47.8 Å². The molecule has 0 saturated heterocycles. The summed E-state index contributed by atoms with van der Waals surface area (Å²) in [6.45, 7) is 2.74. The molecule has 0 radical (unpaired) electrons. The van der Waals surface area contributed by atoms with Crippen molar-refractivity contribution in [1.29, 1.82) is 0 Å². The lowest BCUT2D eigenvalue weighted by molar-refractivity contribution is 0.507. The largest absolute Gasteiger partial charge is 0.271 e. The van der Waals surface area contributed by atoms with Crippen molar-refractivity contribution < 1.29 is 4.39 Å². The highest BCUT2D eigenvalue weighted by atomic mass is 19.1. The first-order valence-electron chi connectivity index (χ1n) is 5.83. The summed E-state index contributed by atoms with van der Waals surface area (Å²) in [5, 5.41) is 4.10. The minimum Gasteiger partial charge on any atom is -0.271 e. The number of rotatable bonds is 5. The second-order valence-corrected chi connectivity index (χ2v) is 3.97. The number of nitrogens with one attached hydrogen (secondary N) is 1. The van der Waals surface area contributed by atoms with Gasteiger partial charge in [0.15, 0.2) is 0 Å². The number of aryl methyl sites for hydroxylation is 1. The Bertz CT molecular complexity index is 511. The molecule has 1 aromatic carbocycles. The van der Waals surface area contributed by atoms with Crippen LogP contribution in [0.15, 0.2) is 30.6 Å². The molecule has 0 aliphatic carbocycles. The van der Waals surface area contributed by atoms with E-state index in [0.29, 0.717) is 6.42 Å². The van der Waals surface area contributed by atoms with E-state index in [-0.39, 0.29) is 11.9 Å². The number of halogens is 1. The molecule has 3 N–H and O–H groups in total. The van der Waals surface area contributed by atoms with Crippen LogP contribution in [0.5, 0.6) is 0 Å². The van der Waals surface area contributed by atoms with E-state index in [1.54, 1.807) is 10.7 Å². The molecule has 1 unspecified atom stereocenters. The summed E-state index contributed by atoms with van der Waals surface area (Å²) in [6.07, 6.45) is 2.08. The maximum atomic E-state index is 13.2. The lowest BCUT2D eigenvalue weighted by Gasteiger charge is -2.16. The van der Waals surface area contributed by atoms with Crippen molar-refractivity contribution in [3.63, 3.8) is 0 Å². The Labute approximate surface area is 105 Å². The Morgan fingerprint density at radius 2 is 2.33 bits per heavy atom. The van der Waals surface area contributed by atoms with E-state index >= 15 is 0 Å². The van der Waals surface area contributed by atoms with E-state index in [1.165, 1.54) is 18.5 Å². The molecule has 2 aromatic rings. The van der Waals surface area contributed by atoms with Crippen molar-refractivity contribution in [2.24, 2.45) is 5.84 Å². The molecule has 0 bridgehead atoms. The molecule has 0 aliphatic rings. The van der Waals surface area contributed by atoms with E-state index in [4.69, 9.17) is 5.84 Å². The summed E-state index contributed by atoms with van der Waals surface area (Å²) in [6, 6.07) is 6.19. The first kappa shape index (κ1) is 12.7. The van der Waals surface area contributed by atoms with E-state index in [2.05, 4.69) is 15.5 Å². The van der Waals surface area contributed by atoms with Crippen LogP contribution in [-0.4, -0.2) is 14.8 Å². The SMILES string of the molecule is CCn1ncnc1CC(NN)c1cccc(F)c1. The number of hydrogen-bond donors (Lipinski definition) is 2. The van der Waals surface area contributed by atoms with Crippen LogP contribution in [-0.2, 0) is 13.0 Å². The van der Waals surface area contributed by atoms with E-state index < -0.39 is 0 Å². The fraction of sp³-hybridized carbons (Fsp3) is 0.333. The highest BCUT2D eigenvalue weighted by Crippen LogP contribution is 2.17. The molecule has 0 fully saturated rings. The van der Waals surface area contributed by atoms with Crippen LogP contribution in [0, 0.1) is 5.82 Å². The third-order valence-electron chi connectivity index (χ3n) is 2.83. The quantitative estimate of drug-likeness (QED) is 0.617. The molecule has 18 heavy (non-hydrogen) atoms. The van der Waals surface area contributed by atoms with Gasteiger partial charge in [-0.25, -0.2) is 9.37 Å². The van der Waals surface area contributed by atoms with Crippen molar-refractivity contribution in [1.82, 2.24) is 20.2 Å². The lowest BCUT2D eigenvalue weighted by atomic mass is 10.0. The summed E-state index contributed by atoms with van der Waals surface area (Å²) in [4.78, 5) is 4.19. The van der Waals surface area contributed by atoms with Gasteiger partial charge in [-0.2, -0.15) is 5.10 Å². The van der Waals surface area contributed by atoms with Gasteiger partial charge in [-0.05, 0) is 24.6 Å². The number of aromatic nitrogens is 3. The van der Waals surface area contributed by atoms with Crippen LogP contribution in [0.3, 0.4) is 0 Å². The van der Waals surface area contributed by atoms with Gasteiger partial charge in [0.2, 0.25) is 0 Å². The van der Waals surface area contributed by atoms with Crippen LogP contribution in [0.4, 0.5) is 4.39 Å². The van der Waals surface area contributed by atoms with Gasteiger partial charge in [0.05, 0.1) is 6.04 Å².